The number of hydrogen-bond acceptors (Lipinski definition) is 5. The molecule has 136 valence electrons. The number of carbonyl (C=O) groups excluding carboxylic acids is 3. The molecule has 1 aliphatic rings. The van der Waals surface area contributed by atoms with Gasteiger partial charge in [-0.15, -0.1) is 0 Å². The number of esters is 1. The quantitative estimate of drug-likeness (QED) is 0.840. The Morgan fingerprint density at radius 1 is 1.24 bits per heavy atom. The second-order valence-corrected chi connectivity index (χ2v) is 6.83. The van der Waals surface area contributed by atoms with Crippen LogP contribution < -0.4 is 5.32 Å². The van der Waals surface area contributed by atoms with Crippen LogP contribution in [0.3, 0.4) is 0 Å². The molecule has 7 nitrogen and oxygen atoms in total. The molecule has 0 saturated carbocycles. The number of piperazine rings is 1. The van der Waals surface area contributed by atoms with Crippen LogP contribution in [0.2, 0.25) is 0 Å². The van der Waals surface area contributed by atoms with Gasteiger partial charge in [-0.2, -0.15) is 0 Å². The van der Waals surface area contributed by atoms with Gasteiger partial charge in [-0.25, -0.2) is 4.79 Å². The van der Waals surface area contributed by atoms with E-state index in [1.165, 1.54) is 4.90 Å². The van der Waals surface area contributed by atoms with Gasteiger partial charge in [-0.1, -0.05) is 30.3 Å². The lowest BCUT2D eigenvalue weighted by atomic mass is 10.1. The van der Waals surface area contributed by atoms with Crippen molar-refractivity contribution in [1.29, 1.82) is 0 Å². The van der Waals surface area contributed by atoms with Gasteiger partial charge in [-0.3, -0.25) is 14.5 Å². The van der Waals surface area contributed by atoms with E-state index in [4.69, 9.17) is 9.47 Å². The molecule has 1 atom stereocenters. The summed E-state index contributed by atoms with van der Waals surface area (Å²) >= 11 is 0. The zero-order chi connectivity index (χ0) is 18.4. The average Bonchev–Trinajstić information content (AvgIpc) is 2.54. The van der Waals surface area contributed by atoms with Gasteiger partial charge in [0.1, 0.15) is 18.2 Å². The van der Waals surface area contributed by atoms with E-state index in [1.807, 2.05) is 30.3 Å². The van der Waals surface area contributed by atoms with Crippen LogP contribution in [-0.4, -0.2) is 47.6 Å². The first-order valence-corrected chi connectivity index (χ1v) is 8.23. The Bertz CT molecular complexity index is 624. The Hall–Kier alpha value is -2.57. The summed E-state index contributed by atoms with van der Waals surface area (Å²) in [5.74, 6) is -0.923. The third-order valence-electron chi connectivity index (χ3n) is 3.56. The number of ether oxygens (including phenoxy) is 2. The van der Waals surface area contributed by atoms with Crippen LogP contribution in [-0.2, 0) is 25.7 Å². The first-order valence-electron chi connectivity index (χ1n) is 8.23. The Labute approximate surface area is 147 Å². The van der Waals surface area contributed by atoms with Crippen LogP contribution in [0.4, 0.5) is 4.79 Å². The summed E-state index contributed by atoms with van der Waals surface area (Å²) in [4.78, 5) is 37.8. The SMILES string of the molecule is CC(C)(C)OC(=O)N1CCNC(=O)[C@H]1CC(=O)OCc1ccccc1. The van der Waals surface area contributed by atoms with E-state index < -0.39 is 23.7 Å². The Morgan fingerprint density at radius 2 is 1.92 bits per heavy atom. The van der Waals surface area contributed by atoms with E-state index in [9.17, 15) is 14.4 Å². The number of nitrogens with one attached hydrogen (secondary N) is 1. The van der Waals surface area contributed by atoms with Crippen molar-refractivity contribution >= 4 is 18.0 Å². The van der Waals surface area contributed by atoms with Crippen molar-refractivity contribution in [1.82, 2.24) is 10.2 Å². The third-order valence-corrected chi connectivity index (χ3v) is 3.56. The molecule has 0 unspecified atom stereocenters. The molecular formula is C18H24N2O5. The molecule has 1 aliphatic heterocycles. The number of carbonyl (C=O) groups is 3. The summed E-state index contributed by atoms with van der Waals surface area (Å²) in [6.07, 6.45) is -0.819. The van der Waals surface area contributed by atoms with Gasteiger partial charge < -0.3 is 14.8 Å². The number of amides is 2. The monoisotopic (exact) mass is 348 g/mol. The van der Waals surface area contributed by atoms with Gasteiger partial charge >= 0.3 is 12.1 Å². The fourth-order valence-corrected chi connectivity index (χ4v) is 2.41. The molecule has 0 radical (unpaired) electrons. The first kappa shape index (κ1) is 18.8. The highest BCUT2D eigenvalue weighted by Gasteiger charge is 2.37. The minimum absolute atomic E-state index is 0.125. The van der Waals surface area contributed by atoms with E-state index in [0.29, 0.717) is 6.54 Å². The van der Waals surface area contributed by atoms with Gasteiger partial charge in [0.25, 0.3) is 0 Å². The van der Waals surface area contributed by atoms with E-state index in [1.54, 1.807) is 20.8 Å². The van der Waals surface area contributed by atoms with Crippen molar-refractivity contribution in [3.05, 3.63) is 35.9 Å². The van der Waals surface area contributed by atoms with Gasteiger partial charge in [0.05, 0.1) is 6.42 Å². The van der Waals surface area contributed by atoms with E-state index in [2.05, 4.69) is 5.32 Å². The van der Waals surface area contributed by atoms with Gasteiger partial charge in [0.2, 0.25) is 5.91 Å². The van der Waals surface area contributed by atoms with Crippen molar-refractivity contribution in [3.63, 3.8) is 0 Å². The first-order chi connectivity index (χ1) is 11.8. The molecule has 25 heavy (non-hydrogen) atoms. The molecule has 1 saturated heterocycles. The minimum Gasteiger partial charge on any atom is -0.461 e. The Kier molecular flexibility index (Phi) is 6.01. The summed E-state index contributed by atoms with van der Waals surface area (Å²) in [5.41, 5.74) is 0.177. The van der Waals surface area contributed by atoms with E-state index in [0.717, 1.165) is 5.56 Å². The Balaban J connectivity index is 1.96. The predicted octanol–water partition coefficient (Wildman–Crippen LogP) is 1.86. The maximum atomic E-state index is 12.3. The molecule has 1 aromatic rings. The second-order valence-electron chi connectivity index (χ2n) is 6.83. The van der Waals surface area contributed by atoms with Gasteiger partial charge in [-0.05, 0) is 26.3 Å². The standard InChI is InChI=1S/C18H24N2O5/c1-18(2,3)25-17(23)20-10-9-19-16(22)14(20)11-15(21)24-12-13-7-5-4-6-8-13/h4-8,14H,9-12H2,1-3H3,(H,19,22)/t14-/m1/s1. The largest absolute Gasteiger partial charge is 0.461 e. The van der Waals surface area contributed by atoms with E-state index >= 15 is 0 Å². The zero-order valence-electron chi connectivity index (χ0n) is 14.8. The molecule has 0 bridgehead atoms. The topological polar surface area (TPSA) is 84.9 Å². The van der Waals surface area contributed by atoms with Crippen molar-refractivity contribution in [2.24, 2.45) is 0 Å². The summed E-state index contributed by atoms with van der Waals surface area (Å²) in [6, 6.07) is 8.33. The van der Waals surface area contributed by atoms with Crippen LogP contribution in [0, 0.1) is 0 Å². The Morgan fingerprint density at radius 3 is 2.56 bits per heavy atom. The highest BCUT2D eigenvalue weighted by atomic mass is 16.6. The summed E-state index contributed by atoms with van der Waals surface area (Å²) in [5, 5.41) is 2.66. The van der Waals surface area contributed by atoms with Crippen LogP contribution in [0.5, 0.6) is 0 Å². The maximum Gasteiger partial charge on any atom is 0.411 e. The number of nitrogens with zero attached hydrogens (tertiary/aromatic N) is 1. The lowest BCUT2D eigenvalue weighted by molar-refractivity contribution is -0.149. The highest BCUT2D eigenvalue weighted by molar-refractivity contribution is 5.90. The number of rotatable bonds is 4. The van der Waals surface area contributed by atoms with Crippen LogP contribution >= 0.6 is 0 Å². The molecule has 1 heterocycles. The molecule has 7 heteroatoms. The number of hydrogen-bond donors (Lipinski definition) is 1. The van der Waals surface area contributed by atoms with Crippen LogP contribution in [0.15, 0.2) is 30.3 Å². The fraction of sp³-hybridized carbons (Fsp3) is 0.500. The van der Waals surface area contributed by atoms with Crippen molar-refractivity contribution in [2.45, 2.75) is 45.4 Å². The highest BCUT2D eigenvalue weighted by Crippen LogP contribution is 2.16. The molecule has 1 fully saturated rings. The summed E-state index contributed by atoms with van der Waals surface area (Å²) in [7, 11) is 0. The fourth-order valence-electron chi connectivity index (χ4n) is 2.41. The number of benzene rings is 1. The van der Waals surface area contributed by atoms with E-state index in [-0.39, 0.29) is 25.5 Å². The average molecular weight is 348 g/mol. The zero-order valence-corrected chi connectivity index (χ0v) is 14.8. The van der Waals surface area contributed by atoms with Crippen molar-refractivity contribution < 1.29 is 23.9 Å². The maximum absolute atomic E-state index is 12.3. The molecular weight excluding hydrogens is 324 g/mol. The smallest absolute Gasteiger partial charge is 0.411 e. The second kappa shape index (κ2) is 8.00. The molecule has 0 aliphatic carbocycles. The molecule has 1 aromatic carbocycles. The lowest BCUT2D eigenvalue weighted by Crippen LogP contribution is -2.58. The molecule has 0 spiro atoms. The van der Waals surface area contributed by atoms with Crippen LogP contribution in [0.1, 0.15) is 32.8 Å². The molecule has 2 amide bonds. The van der Waals surface area contributed by atoms with Gasteiger partial charge in [0.15, 0.2) is 0 Å². The van der Waals surface area contributed by atoms with Crippen LogP contribution in [0.25, 0.3) is 0 Å². The molecule has 2 rings (SSSR count). The third kappa shape index (κ3) is 5.77. The molecule has 1 N–H and O–H groups in total. The van der Waals surface area contributed by atoms with Gasteiger partial charge in [0, 0.05) is 13.1 Å². The minimum atomic E-state index is -0.924. The van der Waals surface area contributed by atoms with Crippen molar-refractivity contribution in [2.75, 3.05) is 13.1 Å². The van der Waals surface area contributed by atoms with Crippen molar-refractivity contribution in [3.8, 4) is 0 Å². The predicted molar refractivity (Wildman–Crippen MR) is 90.6 cm³/mol. The lowest BCUT2D eigenvalue weighted by Gasteiger charge is -2.35. The summed E-state index contributed by atoms with van der Waals surface area (Å²) in [6.45, 7) is 5.99. The summed E-state index contributed by atoms with van der Waals surface area (Å²) < 4.78 is 10.5. The normalized spacial score (nSPS) is 17.6. The molecule has 0 aromatic heterocycles.